The van der Waals surface area contributed by atoms with Crippen LogP contribution in [0.5, 0.6) is 0 Å². The van der Waals surface area contributed by atoms with E-state index in [-0.39, 0.29) is 0 Å². The summed E-state index contributed by atoms with van der Waals surface area (Å²) in [5.41, 5.74) is 1.50. The maximum atomic E-state index is 10.0. The Labute approximate surface area is 127 Å². The molecule has 2 aromatic carbocycles. The predicted molar refractivity (Wildman–Crippen MR) is 87.1 cm³/mol. The molecule has 0 aliphatic carbocycles. The minimum atomic E-state index is -0.617. The Bertz CT molecular complexity index is 540. The molecule has 0 aromatic heterocycles. The molecule has 0 aliphatic rings. The summed E-state index contributed by atoms with van der Waals surface area (Å²) in [4.78, 5) is 2.31. The summed E-state index contributed by atoms with van der Waals surface area (Å²) in [6.45, 7) is 6.88. The van der Waals surface area contributed by atoms with Crippen molar-refractivity contribution in [2.75, 3.05) is 19.6 Å². The van der Waals surface area contributed by atoms with Crippen LogP contribution in [0.25, 0.3) is 0 Å². The number of benzene rings is 2. The van der Waals surface area contributed by atoms with E-state index in [1.807, 2.05) is 36.4 Å². The third-order valence-corrected chi connectivity index (χ3v) is 4.08. The van der Waals surface area contributed by atoms with Crippen molar-refractivity contribution >= 4 is 0 Å². The molecule has 2 nitrogen and oxygen atoms in total. The lowest BCUT2D eigenvalue weighted by atomic mass is 9.75. The monoisotopic (exact) mass is 278 g/mol. The number of nitrogens with zero attached hydrogens (tertiary/aromatic N) is 2. The lowest BCUT2D eigenvalue weighted by molar-refractivity contribution is 0.271. The summed E-state index contributed by atoms with van der Waals surface area (Å²) in [6, 6.07) is 22.8. The quantitative estimate of drug-likeness (QED) is 0.802. The fraction of sp³-hybridized carbons (Fsp3) is 0.316. The zero-order chi connectivity index (χ0) is 15.1. The molecule has 0 saturated heterocycles. The van der Waals surface area contributed by atoms with Crippen molar-refractivity contribution in [1.29, 1.82) is 5.26 Å². The van der Waals surface area contributed by atoms with Crippen molar-refractivity contribution in [3.05, 3.63) is 71.8 Å². The van der Waals surface area contributed by atoms with Gasteiger partial charge in [-0.2, -0.15) is 5.26 Å². The van der Waals surface area contributed by atoms with Gasteiger partial charge < -0.3 is 4.90 Å². The number of nitriles is 1. The second-order valence-electron chi connectivity index (χ2n) is 5.21. The van der Waals surface area contributed by atoms with Gasteiger partial charge in [-0.1, -0.05) is 74.5 Å². The third-order valence-electron chi connectivity index (χ3n) is 4.08. The van der Waals surface area contributed by atoms with Gasteiger partial charge in [0.1, 0.15) is 5.41 Å². The molecule has 0 fully saturated rings. The van der Waals surface area contributed by atoms with Crippen molar-refractivity contribution in [2.45, 2.75) is 19.3 Å². The first-order valence-corrected chi connectivity index (χ1v) is 7.51. The number of rotatable bonds is 6. The summed E-state index contributed by atoms with van der Waals surface area (Å²) in [5.74, 6) is 0. The summed E-state index contributed by atoms with van der Waals surface area (Å²) in [7, 11) is 0. The Morgan fingerprint density at radius 1 is 0.857 bits per heavy atom. The topological polar surface area (TPSA) is 27.0 Å². The molecule has 0 amide bonds. The van der Waals surface area contributed by atoms with E-state index in [0.29, 0.717) is 6.54 Å². The zero-order valence-corrected chi connectivity index (χ0v) is 12.8. The molecule has 2 heteroatoms. The largest absolute Gasteiger partial charge is 0.302 e. The van der Waals surface area contributed by atoms with Crippen LogP contribution < -0.4 is 0 Å². The maximum absolute atomic E-state index is 10.0. The van der Waals surface area contributed by atoms with Crippen molar-refractivity contribution in [1.82, 2.24) is 4.90 Å². The van der Waals surface area contributed by atoms with Gasteiger partial charge in [-0.05, 0) is 24.2 Å². The van der Waals surface area contributed by atoms with Crippen LogP contribution >= 0.6 is 0 Å². The zero-order valence-electron chi connectivity index (χ0n) is 12.8. The van der Waals surface area contributed by atoms with Crippen LogP contribution in [0, 0.1) is 11.3 Å². The van der Waals surface area contributed by atoms with Crippen LogP contribution in [0.2, 0.25) is 0 Å². The number of hydrogen-bond acceptors (Lipinski definition) is 2. The number of likely N-dealkylation sites (N-methyl/N-ethyl adjacent to an activating group) is 1. The minimum absolute atomic E-state index is 0.617. The van der Waals surface area contributed by atoms with Gasteiger partial charge in [-0.25, -0.2) is 0 Å². The molecule has 0 N–H and O–H groups in total. The Morgan fingerprint density at radius 2 is 1.29 bits per heavy atom. The van der Waals surface area contributed by atoms with Gasteiger partial charge in [0.05, 0.1) is 6.07 Å². The first-order chi connectivity index (χ1) is 10.3. The van der Waals surface area contributed by atoms with E-state index in [4.69, 9.17) is 0 Å². The number of hydrogen-bond donors (Lipinski definition) is 0. The SMILES string of the molecule is CCN(CC)CC(C#N)(c1ccccc1)c1ccccc1. The van der Waals surface area contributed by atoms with E-state index in [1.165, 1.54) is 0 Å². The fourth-order valence-electron chi connectivity index (χ4n) is 2.74. The van der Waals surface area contributed by atoms with E-state index in [9.17, 15) is 5.26 Å². The lowest BCUT2D eigenvalue weighted by Crippen LogP contribution is -2.41. The highest BCUT2D eigenvalue weighted by atomic mass is 15.1. The van der Waals surface area contributed by atoms with E-state index in [2.05, 4.69) is 49.1 Å². The molecule has 2 rings (SSSR count). The van der Waals surface area contributed by atoms with Gasteiger partial charge >= 0.3 is 0 Å². The molecule has 0 aliphatic heterocycles. The lowest BCUT2D eigenvalue weighted by Gasteiger charge is -2.33. The van der Waals surface area contributed by atoms with Gasteiger partial charge in [0.25, 0.3) is 0 Å². The second-order valence-corrected chi connectivity index (χ2v) is 5.21. The Hall–Kier alpha value is -2.11. The van der Waals surface area contributed by atoms with Gasteiger partial charge in [0, 0.05) is 6.54 Å². The van der Waals surface area contributed by atoms with Crippen LogP contribution in [0.1, 0.15) is 25.0 Å². The van der Waals surface area contributed by atoms with Crippen molar-refractivity contribution < 1.29 is 0 Å². The van der Waals surface area contributed by atoms with Gasteiger partial charge in [-0.3, -0.25) is 0 Å². The minimum Gasteiger partial charge on any atom is -0.302 e. The maximum Gasteiger partial charge on any atom is 0.120 e. The van der Waals surface area contributed by atoms with Gasteiger partial charge in [-0.15, -0.1) is 0 Å². The Balaban J connectivity index is 2.55. The molecule has 0 unspecified atom stereocenters. The third kappa shape index (κ3) is 3.15. The molecule has 0 radical (unpaired) electrons. The summed E-state index contributed by atoms with van der Waals surface area (Å²) in [6.07, 6.45) is 0. The highest BCUT2D eigenvalue weighted by Crippen LogP contribution is 2.32. The molecule has 0 saturated carbocycles. The van der Waals surface area contributed by atoms with Crippen LogP contribution in [0.15, 0.2) is 60.7 Å². The Kier molecular flexibility index (Phi) is 5.14. The average Bonchev–Trinajstić information content (AvgIpc) is 2.58. The Morgan fingerprint density at radius 3 is 1.62 bits per heavy atom. The smallest absolute Gasteiger partial charge is 0.120 e. The highest BCUT2D eigenvalue weighted by Gasteiger charge is 2.35. The molecule has 0 spiro atoms. The highest BCUT2D eigenvalue weighted by molar-refractivity contribution is 5.46. The summed E-state index contributed by atoms with van der Waals surface area (Å²) < 4.78 is 0. The predicted octanol–water partition coefficient (Wildman–Crippen LogP) is 3.84. The van der Waals surface area contributed by atoms with Crippen LogP contribution in [0.3, 0.4) is 0 Å². The molecule has 0 heterocycles. The van der Waals surface area contributed by atoms with Crippen LogP contribution in [-0.2, 0) is 5.41 Å². The van der Waals surface area contributed by atoms with Gasteiger partial charge in [0.15, 0.2) is 0 Å². The molecule has 0 bridgehead atoms. The van der Waals surface area contributed by atoms with Crippen LogP contribution in [0.4, 0.5) is 0 Å². The van der Waals surface area contributed by atoms with Crippen molar-refractivity contribution in [2.24, 2.45) is 0 Å². The molecule has 108 valence electrons. The second kappa shape index (κ2) is 7.06. The van der Waals surface area contributed by atoms with Crippen molar-refractivity contribution in [3.63, 3.8) is 0 Å². The molecular formula is C19H22N2. The van der Waals surface area contributed by atoms with E-state index in [1.54, 1.807) is 0 Å². The van der Waals surface area contributed by atoms with E-state index < -0.39 is 5.41 Å². The van der Waals surface area contributed by atoms with Crippen molar-refractivity contribution in [3.8, 4) is 6.07 Å². The molecule has 0 atom stereocenters. The standard InChI is InChI=1S/C19H22N2/c1-3-21(4-2)16-19(15-20,17-11-7-5-8-12-17)18-13-9-6-10-14-18/h5-14H,3-4,16H2,1-2H3. The molecule has 21 heavy (non-hydrogen) atoms. The first-order valence-electron chi connectivity index (χ1n) is 7.51. The summed E-state index contributed by atoms with van der Waals surface area (Å²) in [5, 5.41) is 10.0. The van der Waals surface area contributed by atoms with E-state index >= 15 is 0 Å². The summed E-state index contributed by atoms with van der Waals surface area (Å²) >= 11 is 0. The molecule has 2 aromatic rings. The van der Waals surface area contributed by atoms with E-state index in [0.717, 1.165) is 24.2 Å². The fourth-order valence-corrected chi connectivity index (χ4v) is 2.74. The normalized spacial score (nSPS) is 11.3. The average molecular weight is 278 g/mol. The molecular weight excluding hydrogens is 256 g/mol. The van der Waals surface area contributed by atoms with Crippen LogP contribution in [-0.4, -0.2) is 24.5 Å². The van der Waals surface area contributed by atoms with Gasteiger partial charge in [0.2, 0.25) is 0 Å². The first kappa shape index (κ1) is 15.3.